The highest BCUT2D eigenvalue weighted by Crippen LogP contribution is 2.28. The minimum Gasteiger partial charge on any atom is -0.497 e. The fourth-order valence-corrected chi connectivity index (χ4v) is 2.66. The molecule has 0 aliphatic carbocycles. The Morgan fingerprint density at radius 3 is 2.81 bits per heavy atom. The molecular weight excluding hydrogens is 291 g/mol. The molecule has 21 heavy (non-hydrogen) atoms. The number of hydrogen-bond acceptors (Lipinski definition) is 2. The lowest BCUT2D eigenvalue weighted by molar-refractivity contribution is 0.413. The maximum Gasteiger partial charge on any atom is 0.147 e. The fraction of sp³-hybridized carbons (Fsp3) is 0.188. The molecular formula is C16H14ClFN2O. The van der Waals surface area contributed by atoms with E-state index in [4.69, 9.17) is 16.3 Å². The monoisotopic (exact) mass is 304 g/mol. The quantitative estimate of drug-likeness (QED) is 0.677. The van der Waals surface area contributed by atoms with Crippen molar-refractivity contribution in [2.75, 3.05) is 7.11 Å². The molecule has 2 aromatic carbocycles. The number of hydrogen-bond donors (Lipinski definition) is 0. The summed E-state index contributed by atoms with van der Waals surface area (Å²) >= 11 is 5.99. The molecule has 0 unspecified atom stereocenters. The summed E-state index contributed by atoms with van der Waals surface area (Å²) in [6.07, 6.45) is 0. The molecule has 0 N–H and O–H groups in total. The van der Waals surface area contributed by atoms with Crippen LogP contribution in [0.15, 0.2) is 36.4 Å². The first-order valence-corrected chi connectivity index (χ1v) is 7.06. The van der Waals surface area contributed by atoms with Crippen molar-refractivity contribution in [3.05, 3.63) is 53.6 Å². The highest BCUT2D eigenvalue weighted by molar-refractivity contribution is 6.17. The van der Waals surface area contributed by atoms with E-state index in [1.807, 2.05) is 25.1 Å². The summed E-state index contributed by atoms with van der Waals surface area (Å²) in [5.74, 6) is 1.05. The van der Waals surface area contributed by atoms with Gasteiger partial charge in [-0.3, -0.25) is 4.57 Å². The second-order valence-corrected chi connectivity index (χ2v) is 5.02. The predicted molar refractivity (Wildman–Crippen MR) is 81.9 cm³/mol. The van der Waals surface area contributed by atoms with Crippen molar-refractivity contribution >= 4 is 22.6 Å². The van der Waals surface area contributed by atoms with Gasteiger partial charge in [-0.05, 0) is 30.7 Å². The molecule has 0 atom stereocenters. The van der Waals surface area contributed by atoms with Crippen LogP contribution in [0.3, 0.4) is 0 Å². The highest BCUT2D eigenvalue weighted by Gasteiger charge is 2.16. The number of aromatic nitrogens is 2. The largest absolute Gasteiger partial charge is 0.497 e. The third-order valence-corrected chi connectivity index (χ3v) is 3.70. The van der Waals surface area contributed by atoms with E-state index in [1.165, 1.54) is 6.07 Å². The van der Waals surface area contributed by atoms with Crippen molar-refractivity contribution in [1.29, 1.82) is 0 Å². The molecule has 0 saturated carbocycles. The van der Waals surface area contributed by atoms with Gasteiger partial charge < -0.3 is 4.74 Å². The Balaban J connectivity index is 2.38. The number of para-hydroxylation sites is 1. The minimum atomic E-state index is -0.343. The molecule has 0 bridgehead atoms. The van der Waals surface area contributed by atoms with E-state index in [2.05, 4.69) is 4.98 Å². The van der Waals surface area contributed by atoms with Gasteiger partial charge in [0.25, 0.3) is 0 Å². The standard InChI is InChI=1S/C16H14ClFN2O/c1-10-4-3-5-13-16(10)20(15(9-17)19-13)14-8-11(21-2)6-7-12(14)18/h3-8H,9H2,1-2H3. The van der Waals surface area contributed by atoms with Gasteiger partial charge in [-0.25, -0.2) is 9.37 Å². The molecule has 3 nitrogen and oxygen atoms in total. The molecule has 3 rings (SSSR count). The summed E-state index contributed by atoms with van der Waals surface area (Å²) in [6, 6.07) is 10.4. The van der Waals surface area contributed by atoms with Crippen LogP contribution in [0.5, 0.6) is 5.75 Å². The predicted octanol–water partition coefficient (Wildman–Crippen LogP) is 4.22. The first-order chi connectivity index (χ1) is 10.2. The molecule has 0 radical (unpaired) electrons. The third-order valence-electron chi connectivity index (χ3n) is 3.46. The van der Waals surface area contributed by atoms with Gasteiger partial charge in [-0.15, -0.1) is 11.6 Å². The molecule has 0 saturated heterocycles. The first-order valence-electron chi connectivity index (χ1n) is 6.52. The number of ether oxygens (including phenoxy) is 1. The lowest BCUT2D eigenvalue weighted by Gasteiger charge is -2.12. The van der Waals surface area contributed by atoms with Crippen LogP contribution in [-0.2, 0) is 5.88 Å². The van der Waals surface area contributed by atoms with Crippen LogP contribution in [0.1, 0.15) is 11.4 Å². The van der Waals surface area contributed by atoms with Gasteiger partial charge in [0.1, 0.15) is 17.4 Å². The lowest BCUT2D eigenvalue weighted by atomic mass is 10.2. The SMILES string of the molecule is COc1ccc(F)c(-n2c(CCl)nc3cccc(C)c32)c1. The fourth-order valence-electron chi connectivity index (χ4n) is 2.48. The van der Waals surface area contributed by atoms with E-state index in [0.29, 0.717) is 17.3 Å². The maximum absolute atomic E-state index is 14.3. The second kappa shape index (κ2) is 5.37. The molecule has 1 heterocycles. The molecule has 0 amide bonds. The average Bonchev–Trinajstić information content (AvgIpc) is 2.87. The summed E-state index contributed by atoms with van der Waals surface area (Å²) < 4.78 is 21.2. The number of imidazole rings is 1. The number of aryl methyl sites for hydroxylation is 1. The Morgan fingerprint density at radius 2 is 2.10 bits per heavy atom. The van der Waals surface area contributed by atoms with E-state index < -0.39 is 0 Å². The zero-order valence-electron chi connectivity index (χ0n) is 11.7. The van der Waals surface area contributed by atoms with Crippen molar-refractivity contribution in [2.24, 2.45) is 0 Å². The Labute approximate surface area is 126 Å². The van der Waals surface area contributed by atoms with Crippen LogP contribution in [0.2, 0.25) is 0 Å². The molecule has 1 aromatic heterocycles. The van der Waals surface area contributed by atoms with Gasteiger partial charge in [0.15, 0.2) is 0 Å². The Kier molecular flexibility index (Phi) is 3.55. The molecule has 0 fully saturated rings. The van der Waals surface area contributed by atoms with Gasteiger partial charge in [0.05, 0.1) is 29.7 Å². The highest BCUT2D eigenvalue weighted by atomic mass is 35.5. The van der Waals surface area contributed by atoms with Crippen molar-refractivity contribution in [1.82, 2.24) is 9.55 Å². The van der Waals surface area contributed by atoms with Crippen LogP contribution in [0.25, 0.3) is 16.7 Å². The number of nitrogens with zero attached hydrogens (tertiary/aromatic N) is 2. The van der Waals surface area contributed by atoms with E-state index in [1.54, 1.807) is 23.8 Å². The number of benzene rings is 2. The molecule has 108 valence electrons. The van der Waals surface area contributed by atoms with Gasteiger partial charge in [0, 0.05) is 6.07 Å². The molecule has 0 aliphatic rings. The van der Waals surface area contributed by atoms with E-state index >= 15 is 0 Å². The van der Waals surface area contributed by atoms with Crippen LogP contribution in [-0.4, -0.2) is 16.7 Å². The summed E-state index contributed by atoms with van der Waals surface area (Å²) in [5.41, 5.74) is 3.06. The number of fused-ring (bicyclic) bond motifs is 1. The van der Waals surface area contributed by atoms with Crippen molar-refractivity contribution in [2.45, 2.75) is 12.8 Å². The van der Waals surface area contributed by atoms with Crippen LogP contribution in [0.4, 0.5) is 4.39 Å². The van der Waals surface area contributed by atoms with E-state index in [0.717, 1.165) is 16.6 Å². The maximum atomic E-state index is 14.3. The second-order valence-electron chi connectivity index (χ2n) is 4.76. The molecule has 3 aromatic rings. The topological polar surface area (TPSA) is 27.1 Å². The number of methoxy groups -OCH3 is 1. The molecule has 5 heteroatoms. The van der Waals surface area contributed by atoms with Crippen molar-refractivity contribution in [3.63, 3.8) is 0 Å². The molecule has 0 spiro atoms. The summed E-state index contributed by atoms with van der Waals surface area (Å²) in [6.45, 7) is 1.97. The zero-order valence-corrected chi connectivity index (χ0v) is 12.5. The molecule has 0 aliphatic heterocycles. The number of halogens is 2. The van der Waals surface area contributed by atoms with Gasteiger partial charge in [-0.2, -0.15) is 0 Å². The van der Waals surface area contributed by atoms with Gasteiger partial charge >= 0.3 is 0 Å². The van der Waals surface area contributed by atoms with Crippen molar-refractivity contribution < 1.29 is 9.13 Å². The van der Waals surface area contributed by atoms with Crippen LogP contribution in [0, 0.1) is 12.7 Å². The minimum absolute atomic E-state index is 0.199. The smallest absolute Gasteiger partial charge is 0.147 e. The lowest BCUT2D eigenvalue weighted by Crippen LogP contribution is -2.03. The Hall–Kier alpha value is -2.07. The normalized spacial score (nSPS) is 11.0. The first kappa shape index (κ1) is 13.9. The van der Waals surface area contributed by atoms with Gasteiger partial charge in [-0.1, -0.05) is 12.1 Å². The Bertz CT molecular complexity index is 813. The summed E-state index contributed by atoms with van der Waals surface area (Å²) in [4.78, 5) is 4.49. The zero-order chi connectivity index (χ0) is 15.0. The van der Waals surface area contributed by atoms with Gasteiger partial charge in [0.2, 0.25) is 0 Å². The summed E-state index contributed by atoms with van der Waals surface area (Å²) in [5, 5.41) is 0. The van der Waals surface area contributed by atoms with E-state index in [9.17, 15) is 4.39 Å². The van der Waals surface area contributed by atoms with Crippen molar-refractivity contribution in [3.8, 4) is 11.4 Å². The number of alkyl halides is 1. The Morgan fingerprint density at radius 1 is 1.29 bits per heavy atom. The van der Waals surface area contributed by atoms with Crippen LogP contribution >= 0.6 is 11.6 Å². The number of rotatable bonds is 3. The average molecular weight is 305 g/mol. The van der Waals surface area contributed by atoms with E-state index in [-0.39, 0.29) is 11.7 Å². The van der Waals surface area contributed by atoms with Crippen LogP contribution < -0.4 is 4.74 Å². The third kappa shape index (κ3) is 2.25. The summed E-state index contributed by atoms with van der Waals surface area (Å²) in [7, 11) is 1.55.